The van der Waals surface area contributed by atoms with Gasteiger partial charge in [-0.1, -0.05) is 20.8 Å². The summed E-state index contributed by atoms with van der Waals surface area (Å²) in [5.74, 6) is -0.732. The molecule has 0 amide bonds. The Labute approximate surface area is 99.2 Å². The summed E-state index contributed by atoms with van der Waals surface area (Å²) in [5.41, 5.74) is 0. The second kappa shape index (κ2) is 8.53. The Morgan fingerprint density at radius 2 is 1.69 bits per heavy atom. The molecule has 0 saturated heterocycles. The molecule has 1 atom stereocenters. The minimum Gasteiger partial charge on any atom is -0.480 e. The molecule has 0 fully saturated rings. The normalized spacial score (nSPS) is 13.4. The van der Waals surface area contributed by atoms with Gasteiger partial charge < -0.3 is 10.0 Å². The maximum atomic E-state index is 10.9. The third-order valence-corrected chi connectivity index (χ3v) is 3.13. The van der Waals surface area contributed by atoms with Crippen molar-refractivity contribution in [1.82, 2.24) is 9.80 Å². The maximum Gasteiger partial charge on any atom is 0.320 e. The Morgan fingerprint density at radius 3 is 2.06 bits per heavy atom. The van der Waals surface area contributed by atoms with E-state index in [1.54, 1.807) is 6.92 Å². The predicted octanol–water partition coefficient (Wildman–Crippen LogP) is 1.51. The maximum absolute atomic E-state index is 10.9. The number of aliphatic carboxylic acids is 1. The van der Waals surface area contributed by atoms with Crippen LogP contribution in [-0.2, 0) is 4.79 Å². The number of carbonyl (C=O) groups is 1. The van der Waals surface area contributed by atoms with Gasteiger partial charge in [0.1, 0.15) is 6.04 Å². The zero-order valence-electron chi connectivity index (χ0n) is 11.1. The van der Waals surface area contributed by atoms with E-state index in [1.807, 2.05) is 11.8 Å². The van der Waals surface area contributed by atoms with Gasteiger partial charge in [0, 0.05) is 6.54 Å². The van der Waals surface area contributed by atoms with E-state index in [-0.39, 0.29) is 6.04 Å². The Bertz CT molecular complexity index is 193. The fraction of sp³-hybridized carbons (Fsp3) is 0.917. The van der Waals surface area contributed by atoms with Gasteiger partial charge in [0.25, 0.3) is 0 Å². The summed E-state index contributed by atoms with van der Waals surface area (Å²) in [5, 5.41) is 8.93. The third kappa shape index (κ3) is 5.47. The number of rotatable bonds is 9. The molecule has 0 saturated carbocycles. The highest BCUT2D eigenvalue weighted by atomic mass is 16.4. The number of carboxylic acids is 1. The number of hydrogen-bond donors (Lipinski definition) is 1. The molecule has 0 aromatic carbocycles. The van der Waals surface area contributed by atoms with Crippen molar-refractivity contribution in [2.24, 2.45) is 0 Å². The molecule has 1 unspecified atom stereocenters. The van der Waals surface area contributed by atoms with E-state index in [0.29, 0.717) is 0 Å². The molecule has 4 heteroatoms. The lowest BCUT2D eigenvalue weighted by Gasteiger charge is -2.26. The van der Waals surface area contributed by atoms with Crippen LogP contribution >= 0.6 is 0 Å². The molecule has 0 aliphatic carbocycles. The summed E-state index contributed by atoms with van der Waals surface area (Å²) in [6.07, 6.45) is 1.03. The van der Waals surface area contributed by atoms with Gasteiger partial charge >= 0.3 is 5.97 Å². The van der Waals surface area contributed by atoms with E-state index in [0.717, 1.165) is 39.1 Å². The van der Waals surface area contributed by atoms with Crippen LogP contribution in [0.2, 0.25) is 0 Å². The summed E-state index contributed by atoms with van der Waals surface area (Å²) in [6.45, 7) is 12.9. The SMILES string of the molecule is CCN(CC)CCCN(CC)C(C)C(=O)O. The van der Waals surface area contributed by atoms with Crippen molar-refractivity contribution in [3.8, 4) is 0 Å². The van der Waals surface area contributed by atoms with Crippen LogP contribution in [0.15, 0.2) is 0 Å². The molecule has 0 heterocycles. The first-order valence-corrected chi connectivity index (χ1v) is 6.25. The fourth-order valence-electron chi connectivity index (χ4n) is 1.82. The highest BCUT2D eigenvalue weighted by Crippen LogP contribution is 2.01. The van der Waals surface area contributed by atoms with Gasteiger partial charge in [0.2, 0.25) is 0 Å². The summed E-state index contributed by atoms with van der Waals surface area (Å²) in [6, 6.07) is -0.373. The van der Waals surface area contributed by atoms with Gasteiger partial charge in [-0.2, -0.15) is 0 Å². The third-order valence-electron chi connectivity index (χ3n) is 3.13. The molecule has 0 radical (unpaired) electrons. The van der Waals surface area contributed by atoms with E-state index in [2.05, 4.69) is 18.7 Å². The summed E-state index contributed by atoms with van der Waals surface area (Å²) in [7, 11) is 0. The standard InChI is InChI=1S/C12H26N2O2/c1-5-13(6-2)9-8-10-14(7-3)11(4)12(15)16/h11H,5-10H2,1-4H3,(H,15,16). The van der Waals surface area contributed by atoms with Crippen molar-refractivity contribution in [1.29, 1.82) is 0 Å². The molecule has 0 rings (SSSR count). The number of likely N-dealkylation sites (N-methyl/N-ethyl adjacent to an activating group) is 1. The van der Waals surface area contributed by atoms with Crippen molar-refractivity contribution in [3.05, 3.63) is 0 Å². The van der Waals surface area contributed by atoms with Crippen LogP contribution < -0.4 is 0 Å². The van der Waals surface area contributed by atoms with Crippen molar-refractivity contribution < 1.29 is 9.90 Å². The topological polar surface area (TPSA) is 43.8 Å². The van der Waals surface area contributed by atoms with Crippen LogP contribution in [0.25, 0.3) is 0 Å². The van der Waals surface area contributed by atoms with Crippen LogP contribution in [0.4, 0.5) is 0 Å². The number of nitrogens with zero attached hydrogens (tertiary/aromatic N) is 2. The van der Waals surface area contributed by atoms with Crippen molar-refractivity contribution in [2.75, 3.05) is 32.7 Å². The molecule has 0 aromatic rings. The van der Waals surface area contributed by atoms with Crippen LogP contribution in [0.1, 0.15) is 34.1 Å². The van der Waals surface area contributed by atoms with Crippen molar-refractivity contribution in [2.45, 2.75) is 40.2 Å². The molecule has 0 aliphatic rings. The van der Waals surface area contributed by atoms with E-state index in [9.17, 15) is 4.79 Å². The van der Waals surface area contributed by atoms with Crippen molar-refractivity contribution in [3.63, 3.8) is 0 Å². The molecule has 0 spiro atoms. The number of hydrogen-bond acceptors (Lipinski definition) is 3. The Kier molecular flexibility index (Phi) is 8.21. The van der Waals surface area contributed by atoms with E-state index in [1.165, 1.54) is 0 Å². The van der Waals surface area contributed by atoms with Gasteiger partial charge in [-0.15, -0.1) is 0 Å². The van der Waals surface area contributed by atoms with E-state index >= 15 is 0 Å². The molecular formula is C12H26N2O2. The quantitative estimate of drug-likeness (QED) is 0.652. The zero-order chi connectivity index (χ0) is 12.6. The van der Waals surface area contributed by atoms with Crippen molar-refractivity contribution >= 4 is 5.97 Å². The van der Waals surface area contributed by atoms with Gasteiger partial charge in [0.15, 0.2) is 0 Å². The number of carboxylic acid groups (broad SMARTS) is 1. The van der Waals surface area contributed by atoms with Crippen LogP contribution in [0.3, 0.4) is 0 Å². The average Bonchev–Trinajstić information content (AvgIpc) is 2.28. The fourth-order valence-corrected chi connectivity index (χ4v) is 1.82. The highest BCUT2D eigenvalue weighted by Gasteiger charge is 2.18. The largest absolute Gasteiger partial charge is 0.480 e. The predicted molar refractivity (Wildman–Crippen MR) is 66.7 cm³/mol. The van der Waals surface area contributed by atoms with E-state index < -0.39 is 5.97 Å². The van der Waals surface area contributed by atoms with Gasteiger partial charge in [-0.25, -0.2) is 0 Å². The second-order valence-corrected chi connectivity index (χ2v) is 4.02. The Balaban J connectivity index is 3.91. The van der Waals surface area contributed by atoms with Gasteiger partial charge in [-0.3, -0.25) is 9.69 Å². The second-order valence-electron chi connectivity index (χ2n) is 4.02. The van der Waals surface area contributed by atoms with Gasteiger partial charge in [0.05, 0.1) is 0 Å². The lowest BCUT2D eigenvalue weighted by Crippen LogP contribution is -2.40. The Morgan fingerprint density at radius 1 is 1.12 bits per heavy atom. The molecule has 1 N–H and O–H groups in total. The minimum absolute atomic E-state index is 0.373. The molecule has 0 aromatic heterocycles. The first kappa shape index (κ1) is 15.4. The van der Waals surface area contributed by atoms with Crippen LogP contribution in [-0.4, -0.2) is 59.6 Å². The lowest BCUT2D eigenvalue weighted by atomic mass is 10.2. The molecule has 16 heavy (non-hydrogen) atoms. The highest BCUT2D eigenvalue weighted by molar-refractivity contribution is 5.72. The molecule has 0 aliphatic heterocycles. The molecule has 96 valence electrons. The lowest BCUT2D eigenvalue weighted by molar-refractivity contribution is -0.142. The average molecular weight is 230 g/mol. The van der Waals surface area contributed by atoms with Gasteiger partial charge in [-0.05, 0) is 39.5 Å². The molecular weight excluding hydrogens is 204 g/mol. The first-order chi connectivity index (χ1) is 7.56. The summed E-state index contributed by atoms with van der Waals surface area (Å²) in [4.78, 5) is 15.2. The smallest absolute Gasteiger partial charge is 0.320 e. The van der Waals surface area contributed by atoms with Crippen LogP contribution in [0, 0.1) is 0 Å². The Hall–Kier alpha value is -0.610. The first-order valence-electron chi connectivity index (χ1n) is 6.25. The minimum atomic E-state index is -0.732. The zero-order valence-corrected chi connectivity index (χ0v) is 11.1. The summed E-state index contributed by atoms with van der Waals surface area (Å²) < 4.78 is 0. The molecule has 4 nitrogen and oxygen atoms in total. The monoisotopic (exact) mass is 230 g/mol. The summed E-state index contributed by atoms with van der Waals surface area (Å²) >= 11 is 0. The molecule has 0 bridgehead atoms. The van der Waals surface area contributed by atoms with E-state index in [4.69, 9.17) is 5.11 Å². The van der Waals surface area contributed by atoms with Crippen LogP contribution in [0.5, 0.6) is 0 Å².